The fourth-order valence-electron chi connectivity index (χ4n) is 2.53. The summed E-state index contributed by atoms with van der Waals surface area (Å²) in [4.78, 5) is 24.3. The smallest absolute Gasteiger partial charge is 0.308 e. The monoisotopic (exact) mass is 357 g/mol. The molecule has 0 spiro atoms. The third-order valence-electron chi connectivity index (χ3n) is 3.85. The van der Waals surface area contributed by atoms with Crippen LogP contribution >= 0.6 is 23.4 Å². The van der Waals surface area contributed by atoms with Gasteiger partial charge in [0.05, 0.1) is 11.7 Å². The van der Waals surface area contributed by atoms with E-state index < -0.39 is 11.9 Å². The van der Waals surface area contributed by atoms with Crippen LogP contribution < -0.4 is 5.32 Å². The number of carbonyl (C=O) groups is 2. The highest BCUT2D eigenvalue weighted by Gasteiger charge is 2.29. The second-order valence-corrected chi connectivity index (χ2v) is 6.93. The largest absolute Gasteiger partial charge is 0.481 e. The number of hydrogen-bond donors (Lipinski definition) is 2. The molecule has 1 aliphatic heterocycles. The SMILES string of the molecule is O=C(CSc1ccc(Cl)cc1)NCC(C(=O)O)C1CCOCC1. The van der Waals surface area contributed by atoms with Crippen molar-refractivity contribution in [2.45, 2.75) is 17.7 Å². The zero-order chi connectivity index (χ0) is 16.7. The Hall–Kier alpha value is -1.24. The van der Waals surface area contributed by atoms with Crippen LogP contribution in [0.2, 0.25) is 5.02 Å². The van der Waals surface area contributed by atoms with Crippen molar-refractivity contribution in [1.82, 2.24) is 5.32 Å². The van der Waals surface area contributed by atoms with Crippen molar-refractivity contribution in [1.29, 1.82) is 0 Å². The lowest BCUT2D eigenvalue weighted by Gasteiger charge is -2.27. The first-order valence-electron chi connectivity index (χ1n) is 7.52. The molecule has 23 heavy (non-hydrogen) atoms. The van der Waals surface area contributed by atoms with E-state index in [1.165, 1.54) is 11.8 Å². The van der Waals surface area contributed by atoms with E-state index in [-0.39, 0.29) is 24.1 Å². The molecule has 0 bridgehead atoms. The third kappa shape index (κ3) is 6.05. The first kappa shape index (κ1) is 18.1. The van der Waals surface area contributed by atoms with Crippen molar-refractivity contribution >= 4 is 35.2 Å². The minimum Gasteiger partial charge on any atom is -0.481 e. The van der Waals surface area contributed by atoms with E-state index >= 15 is 0 Å². The van der Waals surface area contributed by atoms with Crippen molar-refractivity contribution in [3.05, 3.63) is 29.3 Å². The molecular weight excluding hydrogens is 338 g/mol. The number of aliphatic carboxylic acids is 1. The second-order valence-electron chi connectivity index (χ2n) is 5.44. The predicted octanol–water partition coefficient (Wildman–Crippen LogP) is 2.68. The summed E-state index contributed by atoms with van der Waals surface area (Å²) in [5, 5.41) is 12.8. The van der Waals surface area contributed by atoms with Gasteiger partial charge in [-0.2, -0.15) is 0 Å². The fourth-order valence-corrected chi connectivity index (χ4v) is 3.38. The zero-order valence-corrected chi connectivity index (χ0v) is 14.2. The van der Waals surface area contributed by atoms with E-state index in [4.69, 9.17) is 16.3 Å². The quantitative estimate of drug-likeness (QED) is 0.734. The van der Waals surface area contributed by atoms with Gasteiger partial charge in [-0.25, -0.2) is 0 Å². The maximum absolute atomic E-state index is 11.9. The summed E-state index contributed by atoms with van der Waals surface area (Å²) in [5.41, 5.74) is 0. The summed E-state index contributed by atoms with van der Waals surface area (Å²) in [7, 11) is 0. The van der Waals surface area contributed by atoms with Crippen molar-refractivity contribution in [3.8, 4) is 0 Å². The van der Waals surface area contributed by atoms with Gasteiger partial charge in [-0.3, -0.25) is 9.59 Å². The molecule has 0 aromatic heterocycles. The van der Waals surface area contributed by atoms with E-state index in [2.05, 4.69) is 5.32 Å². The van der Waals surface area contributed by atoms with Gasteiger partial charge in [0.15, 0.2) is 0 Å². The molecule has 2 rings (SSSR count). The molecule has 1 aliphatic rings. The maximum Gasteiger partial charge on any atom is 0.308 e. The van der Waals surface area contributed by atoms with Gasteiger partial charge in [0, 0.05) is 29.7 Å². The number of hydrogen-bond acceptors (Lipinski definition) is 4. The van der Waals surface area contributed by atoms with Crippen LogP contribution in [0.1, 0.15) is 12.8 Å². The van der Waals surface area contributed by atoms with Crippen LogP contribution in [0.3, 0.4) is 0 Å². The van der Waals surface area contributed by atoms with E-state index in [9.17, 15) is 14.7 Å². The van der Waals surface area contributed by atoms with Crippen LogP contribution in [0, 0.1) is 11.8 Å². The number of carboxylic acids is 1. The number of rotatable bonds is 7. The molecule has 126 valence electrons. The molecule has 7 heteroatoms. The molecule has 0 saturated carbocycles. The highest BCUT2D eigenvalue weighted by atomic mass is 35.5. The highest BCUT2D eigenvalue weighted by Crippen LogP contribution is 2.24. The van der Waals surface area contributed by atoms with Crippen LogP contribution in [0.5, 0.6) is 0 Å². The average Bonchev–Trinajstić information content (AvgIpc) is 2.55. The van der Waals surface area contributed by atoms with Crippen LogP contribution in [-0.4, -0.2) is 42.5 Å². The van der Waals surface area contributed by atoms with Gasteiger partial charge in [-0.1, -0.05) is 11.6 Å². The number of carbonyl (C=O) groups excluding carboxylic acids is 1. The number of thioether (sulfide) groups is 1. The Morgan fingerprint density at radius 1 is 1.30 bits per heavy atom. The summed E-state index contributed by atoms with van der Waals surface area (Å²) >= 11 is 7.20. The first-order chi connectivity index (χ1) is 11.1. The van der Waals surface area contributed by atoms with Gasteiger partial charge in [-0.05, 0) is 43.0 Å². The Labute approximate surface area is 144 Å². The predicted molar refractivity (Wildman–Crippen MR) is 89.9 cm³/mol. The van der Waals surface area contributed by atoms with Crippen molar-refractivity contribution in [2.75, 3.05) is 25.5 Å². The summed E-state index contributed by atoms with van der Waals surface area (Å²) < 4.78 is 5.26. The topological polar surface area (TPSA) is 75.6 Å². The normalized spacial score (nSPS) is 16.7. The van der Waals surface area contributed by atoms with E-state index in [1.54, 1.807) is 12.1 Å². The van der Waals surface area contributed by atoms with Gasteiger partial charge >= 0.3 is 5.97 Å². The summed E-state index contributed by atoms with van der Waals surface area (Å²) in [6.07, 6.45) is 1.46. The Bertz CT molecular complexity index is 531. The molecule has 1 saturated heterocycles. The molecule has 1 amide bonds. The van der Waals surface area contributed by atoms with E-state index in [1.807, 2.05) is 12.1 Å². The van der Waals surface area contributed by atoms with Crippen LogP contribution in [0.4, 0.5) is 0 Å². The van der Waals surface area contributed by atoms with Gasteiger partial charge in [-0.15, -0.1) is 11.8 Å². The molecule has 1 unspecified atom stereocenters. The number of nitrogens with one attached hydrogen (secondary N) is 1. The Kier molecular flexibility index (Phi) is 7.20. The highest BCUT2D eigenvalue weighted by molar-refractivity contribution is 8.00. The summed E-state index contributed by atoms with van der Waals surface area (Å²) in [6, 6.07) is 7.24. The third-order valence-corrected chi connectivity index (χ3v) is 5.12. The zero-order valence-electron chi connectivity index (χ0n) is 12.7. The van der Waals surface area contributed by atoms with Crippen molar-refractivity contribution < 1.29 is 19.4 Å². The molecular formula is C16H20ClNO4S. The van der Waals surface area contributed by atoms with E-state index in [0.29, 0.717) is 18.2 Å². The minimum absolute atomic E-state index is 0.0606. The number of ether oxygens (including phenoxy) is 1. The van der Waals surface area contributed by atoms with Crippen molar-refractivity contribution in [3.63, 3.8) is 0 Å². The lowest BCUT2D eigenvalue weighted by Crippen LogP contribution is -2.39. The molecule has 1 aromatic carbocycles. The molecule has 1 heterocycles. The standard InChI is InChI=1S/C16H20ClNO4S/c17-12-1-3-13(4-2-12)23-10-15(19)18-9-14(16(20)21)11-5-7-22-8-6-11/h1-4,11,14H,5-10H2,(H,18,19)(H,20,21). The second kappa shape index (κ2) is 9.15. The number of amides is 1. The van der Waals surface area contributed by atoms with Gasteiger partial charge in [0.25, 0.3) is 0 Å². The molecule has 1 aromatic rings. The van der Waals surface area contributed by atoms with Crippen LogP contribution in [0.25, 0.3) is 0 Å². The van der Waals surface area contributed by atoms with Crippen LogP contribution in [0.15, 0.2) is 29.2 Å². The molecule has 5 nitrogen and oxygen atoms in total. The molecule has 1 atom stereocenters. The first-order valence-corrected chi connectivity index (χ1v) is 8.88. The lowest BCUT2D eigenvalue weighted by atomic mass is 9.86. The molecule has 0 radical (unpaired) electrons. The Balaban J connectivity index is 1.77. The molecule has 0 aliphatic carbocycles. The minimum atomic E-state index is -0.859. The Morgan fingerprint density at radius 2 is 1.96 bits per heavy atom. The molecule has 2 N–H and O–H groups in total. The van der Waals surface area contributed by atoms with E-state index in [0.717, 1.165) is 17.7 Å². The molecule has 1 fully saturated rings. The Morgan fingerprint density at radius 3 is 2.57 bits per heavy atom. The summed E-state index contributed by atoms with van der Waals surface area (Å²) in [5.74, 6) is -1.26. The summed E-state index contributed by atoms with van der Waals surface area (Å²) in [6.45, 7) is 1.35. The fraction of sp³-hybridized carbons (Fsp3) is 0.500. The van der Waals surface area contributed by atoms with Gasteiger partial charge in [0.2, 0.25) is 5.91 Å². The maximum atomic E-state index is 11.9. The lowest BCUT2D eigenvalue weighted by molar-refractivity contribution is -0.144. The average molecular weight is 358 g/mol. The number of halogens is 1. The van der Waals surface area contributed by atoms with Crippen LogP contribution in [-0.2, 0) is 14.3 Å². The number of benzene rings is 1. The van der Waals surface area contributed by atoms with Crippen molar-refractivity contribution in [2.24, 2.45) is 11.8 Å². The van der Waals surface area contributed by atoms with Gasteiger partial charge in [0.1, 0.15) is 0 Å². The number of carboxylic acid groups (broad SMARTS) is 1. The van der Waals surface area contributed by atoms with Gasteiger partial charge < -0.3 is 15.2 Å².